The molecule has 0 bridgehead atoms. The van der Waals surface area contributed by atoms with Gasteiger partial charge >= 0.3 is 0 Å². The molecule has 0 saturated carbocycles. The number of amides is 1. The summed E-state index contributed by atoms with van der Waals surface area (Å²) in [5.74, 6) is 1.89. The van der Waals surface area contributed by atoms with Crippen LogP contribution in [0.2, 0.25) is 0 Å². The molecule has 1 aliphatic rings. The van der Waals surface area contributed by atoms with Gasteiger partial charge in [0, 0.05) is 45.2 Å². The third-order valence-electron chi connectivity index (χ3n) is 4.34. The van der Waals surface area contributed by atoms with E-state index in [1.165, 1.54) is 0 Å². The monoisotopic (exact) mass is 474 g/mol. The van der Waals surface area contributed by atoms with Gasteiger partial charge in [0.15, 0.2) is 5.96 Å². The summed E-state index contributed by atoms with van der Waals surface area (Å²) in [5, 5.41) is 3.29. The van der Waals surface area contributed by atoms with Gasteiger partial charge in [0.2, 0.25) is 5.91 Å². The van der Waals surface area contributed by atoms with Crippen LogP contribution in [-0.4, -0.2) is 62.0 Å². The number of aliphatic imine (C=N–C) groups is 1. The Hall–Kier alpha value is -1.51. The Morgan fingerprint density at radius 3 is 2.65 bits per heavy atom. The van der Waals surface area contributed by atoms with Crippen LogP contribution in [0.4, 0.5) is 0 Å². The zero-order valence-corrected chi connectivity index (χ0v) is 18.4. The van der Waals surface area contributed by atoms with Crippen molar-refractivity contribution in [1.82, 2.24) is 15.1 Å². The molecule has 1 aromatic carbocycles. The van der Waals surface area contributed by atoms with Crippen molar-refractivity contribution < 1.29 is 9.53 Å². The lowest BCUT2D eigenvalue weighted by Gasteiger charge is -2.23. The van der Waals surface area contributed by atoms with Gasteiger partial charge in [-0.2, -0.15) is 0 Å². The minimum absolute atomic E-state index is 0. The van der Waals surface area contributed by atoms with Crippen LogP contribution in [0.5, 0.6) is 5.75 Å². The van der Waals surface area contributed by atoms with Gasteiger partial charge in [-0.1, -0.05) is 18.2 Å². The minimum atomic E-state index is 0. The highest BCUT2D eigenvalue weighted by molar-refractivity contribution is 14.0. The third kappa shape index (κ3) is 6.66. The van der Waals surface area contributed by atoms with Crippen molar-refractivity contribution in [2.75, 3.05) is 40.3 Å². The van der Waals surface area contributed by atoms with Gasteiger partial charge in [0.1, 0.15) is 5.75 Å². The normalized spacial score (nSPS) is 14.0. The molecule has 1 fully saturated rings. The number of carbonyl (C=O) groups is 1. The molecule has 0 unspecified atom stereocenters. The Kier molecular flexibility index (Phi) is 10.4. The maximum Gasteiger partial charge on any atom is 0.224 e. The highest BCUT2D eigenvalue weighted by Gasteiger charge is 2.17. The van der Waals surface area contributed by atoms with Crippen LogP contribution in [0, 0.1) is 0 Å². The van der Waals surface area contributed by atoms with Crippen molar-refractivity contribution in [2.45, 2.75) is 32.7 Å². The number of likely N-dealkylation sites (tertiary alicyclic amines) is 1. The number of ether oxygens (including phenoxy) is 1. The summed E-state index contributed by atoms with van der Waals surface area (Å²) in [7, 11) is 3.68. The van der Waals surface area contributed by atoms with Crippen LogP contribution in [0.25, 0.3) is 0 Å². The van der Waals surface area contributed by atoms with E-state index in [4.69, 9.17) is 4.74 Å². The lowest BCUT2D eigenvalue weighted by atomic mass is 10.2. The minimum Gasteiger partial charge on any atom is -0.496 e. The van der Waals surface area contributed by atoms with Gasteiger partial charge in [-0.15, -0.1) is 24.0 Å². The molecule has 1 heterocycles. The summed E-state index contributed by atoms with van der Waals surface area (Å²) in [6, 6.07) is 7.98. The van der Waals surface area contributed by atoms with E-state index in [1.807, 2.05) is 37.1 Å². The molecule has 1 saturated heterocycles. The fourth-order valence-electron chi connectivity index (χ4n) is 3.02. The summed E-state index contributed by atoms with van der Waals surface area (Å²) in [6.07, 6.45) is 2.72. The first kappa shape index (κ1) is 22.5. The van der Waals surface area contributed by atoms with Crippen molar-refractivity contribution >= 4 is 35.8 Å². The smallest absolute Gasteiger partial charge is 0.224 e. The zero-order chi connectivity index (χ0) is 18.1. The van der Waals surface area contributed by atoms with Gasteiger partial charge in [-0.3, -0.25) is 9.79 Å². The number of nitrogens with one attached hydrogen (secondary N) is 1. The summed E-state index contributed by atoms with van der Waals surface area (Å²) < 4.78 is 5.42. The first-order valence-corrected chi connectivity index (χ1v) is 9.04. The van der Waals surface area contributed by atoms with E-state index in [0.29, 0.717) is 19.5 Å². The number of methoxy groups -OCH3 is 1. The number of rotatable bonds is 7. The molecular weight excluding hydrogens is 443 g/mol. The second-order valence-corrected chi connectivity index (χ2v) is 6.24. The van der Waals surface area contributed by atoms with E-state index in [1.54, 1.807) is 7.11 Å². The number of hydrogen-bond donors (Lipinski definition) is 1. The number of nitrogens with zero attached hydrogens (tertiary/aromatic N) is 3. The Labute approximate surface area is 174 Å². The summed E-state index contributed by atoms with van der Waals surface area (Å²) >= 11 is 0. The first-order valence-electron chi connectivity index (χ1n) is 9.04. The number of carbonyl (C=O) groups excluding carboxylic acids is 1. The highest BCUT2D eigenvalue weighted by Crippen LogP contribution is 2.18. The second kappa shape index (κ2) is 12.0. The van der Waals surface area contributed by atoms with Crippen LogP contribution in [0.15, 0.2) is 29.3 Å². The van der Waals surface area contributed by atoms with E-state index < -0.39 is 0 Å². The van der Waals surface area contributed by atoms with Gasteiger partial charge in [0.05, 0.1) is 13.7 Å². The van der Waals surface area contributed by atoms with Crippen molar-refractivity contribution in [3.05, 3.63) is 29.8 Å². The predicted molar refractivity (Wildman–Crippen MR) is 116 cm³/mol. The van der Waals surface area contributed by atoms with Gasteiger partial charge in [-0.25, -0.2) is 0 Å². The second-order valence-electron chi connectivity index (χ2n) is 6.24. The van der Waals surface area contributed by atoms with Crippen molar-refractivity contribution in [2.24, 2.45) is 4.99 Å². The Morgan fingerprint density at radius 1 is 1.31 bits per heavy atom. The quantitative estimate of drug-likeness (QED) is 0.375. The fraction of sp³-hybridized carbons (Fsp3) is 0.579. The average Bonchev–Trinajstić information content (AvgIpc) is 3.16. The zero-order valence-electron chi connectivity index (χ0n) is 16.0. The molecule has 26 heavy (non-hydrogen) atoms. The van der Waals surface area contributed by atoms with Gasteiger partial charge < -0.3 is 19.9 Å². The molecule has 1 amide bonds. The van der Waals surface area contributed by atoms with E-state index in [-0.39, 0.29) is 29.9 Å². The average molecular weight is 474 g/mol. The van der Waals surface area contributed by atoms with Gasteiger partial charge in [0.25, 0.3) is 0 Å². The van der Waals surface area contributed by atoms with Crippen LogP contribution < -0.4 is 10.1 Å². The molecule has 6 nitrogen and oxygen atoms in total. The lowest BCUT2D eigenvalue weighted by Crippen LogP contribution is -2.39. The van der Waals surface area contributed by atoms with Gasteiger partial charge in [-0.05, 0) is 25.8 Å². The molecule has 0 atom stereocenters. The molecule has 0 aliphatic carbocycles. The molecule has 1 N–H and O–H groups in total. The van der Waals surface area contributed by atoms with Crippen LogP contribution in [0.1, 0.15) is 31.7 Å². The molecule has 0 radical (unpaired) electrons. The third-order valence-corrected chi connectivity index (χ3v) is 4.34. The van der Waals surface area contributed by atoms with E-state index in [2.05, 4.69) is 21.3 Å². The molecule has 7 heteroatoms. The predicted octanol–water partition coefficient (Wildman–Crippen LogP) is 2.72. The number of guanidine groups is 1. The fourth-order valence-corrected chi connectivity index (χ4v) is 3.02. The lowest BCUT2D eigenvalue weighted by molar-refractivity contribution is -0.129. The number of halogens is 1. The van der Waals surface area contributed by atoms with Crippen LogP contribution in [0.3, 0.4) is 0 Å². The van der Waals surface area contributed by atoms with Crippen molar-refractivity contribution in [1.29, 1.82) is 0 Å². The molecule has 2 rings (SSSR count). The maximum absolute atomic E-state index is 12.1. The standard InChI is InChI=1S/C19H30N4O2.HI/c1-4-20-19(21-12-11-18(24)23-13-7-8-14-23)22(2)15-16-9-5-6-10-17(16)25-3;/h5-6,9-10H,4,7-8,11-15H2,1-3H3,(H,20,21);1H. The maximum atomic E-state index is 12.1. The number of benzene rings is 1. The van der Waals surface area contributed by atoms with E-state index in [9.17, 15) is 4.79 Å². The number of hydrogen-bond acceptors (Lipinski definition) is 3. The molecule has 146 valence electrons. The Bertz CT molecular complexity index is 589. The first-order chi connectivity index (χ1) is 12.2. The summed E-state index contributed by atoms with van der Waals surface area (Å²) in [4.78, 5) is 20.8. The highest BCUT2D eigenvalue weighted by atomic mass is 127. The summed E-state index contributed by atoms with van der Waals surface area (Å²) in [6.45, 7) is 5.83. The molecule has 1 aliphatic heterocycles. The molecule has 1 aromatic rings. The van der Waals surface area contributed by atoms with E-state index >= 15 is 0 Å². The van der Waals surface area contributed by atoms with Crippen molar-refractivity contribution in [3.8, 4) is 5.75 Å². The molecule has 0 aromatic heterocycles. The Morgan fingerprint density at radius 2 is 2.00 bits per heavy atom. The van der Waals surface area contributed by atoms with Crippen molar-refractivity contribution in [3.63, 3.8) is 0 Å². The van der Waals surface area contributed by atoms with E-state index in [0.717, 1.165) is 49.7 Å². The largest absolute Gasteiger partial charge is 0.496 e. The Balaban J connectivity index is 0.00000338. The SMILES string of the molecule is CCNC(=NCCC(=O)N1CCCC1)N(C)Cc1ccccc1OC.I. The molecule has 0 spiro atoms. The summed E-state index contributed by atoms with van der Waals surface area (Å²) in [5.41, 5.74) is 1.10. The van der Waals surface area contributed by atoms with Crippen LogP contribution >= 0.6 is 24.0 Å². The van der Waals surface area contributed by atoms with Crippen LogP contribution in [-0.2, 0) is 11.3 Å². The topological polar surface area (TPSA) is 57.2 Å². The molecular formula is C19H31IN4O2. The number of para-hydroxylation sites is 1.